The maximum atomic E-state index is 12.1. The summed E-state index contributed by atoms with van der Waals surface area (Å²) < 4.78 is 6.67. The van der Waals surface area contributed by atoms with E-state index in [1.165, 1.54) is 0 Å². The lowest BCUT2D eigenvalue weighted by atomic mass is 10.2. The Morgan fingerprint density at radius 2 is 1.80 bits per heavy atom. The fraction of sp³-hybridized carbons (Fsp3) is 0.409. The molecule has 2 atom stereocenters. The van der Waals surface area contributed by atoms with Crippen molar-refractivity contribution in [2.24, 2.45) is 0 Å². The van der Waals surface area contributed by atoms with Gasteiger partial charge in [-0.15, -0.1) is 0 Å². The molecule has 2 amide bonds. The van der Waals surface area contributed by atoms with E-state index in [2.05, 4.69) is 50.3 Å². The maximum Gasteiger partial charge on any atom is 0.251 e. The maximum absolute atomic E-state index is 12.1. The summed E-state index contributed by atoms with van der Waals surface area (Å²) in [5.74, 6) is 0.607. The first kappa shape index (κ1) is 22.2. The first-order valence-electron chi connectivity index (χ1n) is 10.1. The average molecular weight is 475 g/mol. The molecule has 0 aliphatic carbocycles. The van der Waals surface area contributed by atoms with E-state index in [1.54, 1.807) is 30.5 Å². The van der Waals surface area contributed by atoms with Gasteiger partial charge in [-0.05, 0) is 49.7 Å². The van der Waals surface area contributed by atoms with Crippen molar-refractivity contribution in [3.8, 4) is 0 Å². The third-order valence-electron chi connectivity index (χ3n) is 4.79. The smallest absolute Gasteiger partial charge is 0.251 e. The highest BCUT2D eigenvalue weighted by Crippen LogP contribution is 2.18. The molecule has 3 rings (SSSR count). The Kier molecular flexibility index (Phi) is 7.81. The number of hydrogen-bond acceptors (Lipinski definition) is 5. The van der Waals surface area contributed by atoms with E-state index in [9.17, 15) is 9.59 Å². The fourth-order valence-electron chi connectivity index (χ4n) is 3.36. The number of halogens is 1. The average Bonchev–Trinajstić information content (AvgIpc) is 2.72. The van der Waals surface area contributed by atoms with Crippen LogP contribution < -0.4 is 15.5 Å². The molecule has 2 aromatic rings. The van der Waals surface area contributed by atoms with Crippen molar-refractivity contribution in [1.29, 1.82) is 0 Å². The number of morpholine rings is 1. The second-order valence-electron chi connectivity index (χ2n) is 7.48. The lowest BCUT2D eigenvalue weighted by Gasteiger charge is -2.36. The summed E-state index contributed by atoms with van der Waals surface area (Å²) in [5, 5.41) is 5.62. The number of carbonyl (C=O) groups excluding carboxylic acids is 2. The zero-order valence-electron chi connectivity index (χ0n) is 17.2. The van der Waals surface area contributed by atoms with Crippen molar-refractivity contribution in [3.63, 3.8) is 0 Å². The molecule has 160 valence electrons. The quantitative estimate of drug-likeness (QED) is 0.644. The second kappa shape index (κ2) is 10.5. The molecule has 0 saturated carbocycles. The van der Waals surface area contributed by atoms with E-state index in [0.717, 1.165) is 28.9 Å². The molecule has 0 radical (unpaired) electrons. The third kappa shape index (κ3) is 6.53. The van der Waals surface area contributed by atoms with Crippen LogP contribution >= 0.6 is 15.9 Å². The van der Waals surface area contributed by atoms with Gasteiger partial charge in [-0.25, -0.2) is 4.98 Å². The summed E-state index contributed by atoms with van der Waals surface area (Å²) in [5.41, 5.74) is 1.49. The molecule has 0 spiro atoms. The van der Waals surface area contributed by atoms with Crippen molar-refractivity contribution in [1.82, 2.24) is 15.6 Å². The molecule has 1 aliphatic heterocycles. The SMILES string of the molecule is CC1CN(c2ccc(CNC(=O)CCNC(=O)c3ccc(Br)cc3)cn2)CC(C)O1. The Morgan fingerprint density at radius 3 is 2.43 bits per heavy atom. The van der Waals surface area contributed by atoms with Gasteiger partial charge in [0.15, 0.2) is 0 Å². The number of amides is 2. The van der Waals surface area contributed by atoms with Gasteiger partial charge < -0.3 is 20.3 Å². The third-order valence-corrected chi connectivity index (χ3v) is 5.32. The largest absolute Gasteiger partial charge is 0.372 e. The van der Waals surface area contributed by atoms with E-state index in [1.807, 2.05) is 12.1 Å². The summed E-state index contributed by atoms with van der Waals surface area (Å²) in [4.78, 5) is 30.8. The predicted octanol–water partition coefficient (Wildman–Crippen LogP) is 2.89. The number of benzene rings is 1. The summed E-state index contributed by atoms with van der Waals surface area (Å²) in [6.07, 6.45) is 2.37. The van der Waals surface area contributed by atoms with Crippen molar-refractivity contribution in [2.75, 3.05) is 24.5 Å². The Labute approximate surface area is 185 Å². The molecule has 2 N–H and O–H groups in total. The minimum absolute atomic E-state index is 0.119. The Hall–Kier alpha value is -2.45. The van der Waals surface area contributed by atoms with Gasteiger partial charge in [-0.2, -0.15) is 0 Å². The molecule has 30 heavy (non-hydrogen) atoms. The van der Waals surface area contributed by atoms with Crippen LogP contribution in [0.2, 0.25) is 0 Å². The topological polar surface area (TPSA) is 83.6 Å². The van der Waals surface area contributed by atoms with Gasteiger partial charge in [0.2, 0.25) is 5.91 Å². The summed E-state index contributed by atoms with van der Waals surface area (Å²) >= 11 is 3.34. The van der Waals surface area contributed by atoms with E-state index < -0.39 is 0 Å². The summed E-state index contributed by atoms with van der Waals surface area (Å²) in [6, 6.07) is 11.0. The molecule has 2 unspecified atom stereocenters. The lowest BCUT2D eigenvalue weighted by molar-refractivity contribution is -0.121. The molecular weight excluding hydrogens is 448 g/mol. The summed E-state index contributed by atoms with van der Waals surface area (Å²) in [6.45, 7) is 6.45. The highest BCUT2D eigenvalue weighted by Gasteiger charge is 2.22. The van der Waals surface area contributed by atoms with Gasteiger partial charge in [0.25, 0.3) is 5.91 Å². The normalized spacial score (nSPS) is 18.7. The Bertz CT molecular complexity index is 848. The van der Waals surface area contributed by atoms with Crippen LogP contribution in [-0.2, 0) is 16.1 Å². The first-order chi connectivity index (χ1) is 14.4. The van der Waals surface area contributed by atoms with Crippen LogP contribution in [0.3, 0.4) is 0 Å². The highest BCUT2D eigenvalue weighted by molar-refractivity contribution is 9.10. The number of aromatic nitrogens is 1. The number of nitrogens with one attached hydrogen (secondary N) is 2. The van der Waals surface area contributed by atoms with Gasteiger partial charge >= 0.3 is 0 Å². The molecule has 1 fully saturated rings. The molecular formula is C22H27BrN4O3. The second-order valence-corrected chi connectivity index (χ2v) is 8.39. The molecule has 7 nitrogen and oxygen atoms in total. The zero-order valence-corrected chi connectivity index (χ0v) is 18.8. The van der Waals surface area contributed by atoms with Gasteiger partial charge in [-0.1, -0.05) is 22.0 Å². The number of nitrogens with zero attached hydrogens (tertiary/aromatic N) is 2. The standard InChI is InChI=1S/C22H27BrN4O3/c1-15-13-27(14-16(2)30-15)20-8-3-17(11-25-20)12-26-21(28)9-10-24-22(29)18-4-6-19(23)7-5-18/h3-8,11,15-16H,9-10,12-14H2,1-2H3,(H,24,29)(H,26,28). The van der Waals surface area contributed by atoms with Gasteiger partial charge in [0, 0.05) is 48.8 Å². The minimum atomic E-state index is -0.193. The molecule has 1 aromatic heterocycles. The van der Waals surface area contributed by atoms with Gasteiger partial charge in [0.1, 0.15) is 5.82 Å². The molecule has 0 bridgehead atoms. The van der Waals surface area contributed by atoms with Crippen LogP contribution in [0.5, 0.6) is 0 Å². The van der Waals surface area contributed by atoms with Gasteiger partial charge in [-0.3, -0.25) is 9.59 Å². The fourth-order valence-corrected chi connectivity index (χ4v) is 3.62. The molecule has 8 heteroatoms. The predicted molar refractivity (Wildman–Crippen MR) is 119 cm³/mol. The number of anilines is 1. The Morgan fingerprint density at radius 1 is 1.10 bits per heavy atom. The van der Waals surface area contributed by atoms with Crippen LogP contribution in [0.25, 0.3) is 0 Å². The van der Waals surface area contributed by atoms with E-state index >= 15 is 0 Å². The van der Waals surface area contributed by atoms with Crippen LogP contribution in [0.4, 0.5) is 5.82 Å². The monoisotopic (exact) mass is 474 g/mol. The first-order valence-corrected chi connectivity index (χ1v) is 10.9. The van der Waals surface area contributed by atoms with Crippen molar-refractivity contribution >= 4 is 33.6 Å². The van der Waals surface area contributed by atoms with Crippen LogP contribution in [0.15, 0.2) is 47.1 Å². The van der Waals surface area contributed by atoms with Crippen LogP contribution in [0.1, 0.15) is 36.2 Å². The number of rotatable bonds is 7. The Balaban J connectivity index is 1.39. The van der Waals surface area contributed by atoms with Crippen LogP contribution in [-0.4, -0.2) is 48.6 Å². The van der Waals surface area contributed by atoms with Crippen LogP contribution in [0, 0.1) is 0 Å². The molecule has 1 aromatic carbocycles. The molecule has 1 aliphatic rings. The minimum Gasteiger partial charge on any atom is -0.372 e. The number of carbonyl (C=O) groups is 2. The lowest BCUT2D eigenvalue weighted by Crippen LogP contribution is -2.45. The van der Waals surface area contributed by atoms with E-state index in [-0.39, 0.29) is 37.0 Å². The number of hydrogen-bond donors (Lipinski definition) is 2. The molecule has 1 saturated heterocycles. The van der Waals surface area contributed by atoms with Crippen molar-refractivity contribution in [2.45, 2.75) is 39.0 Å². The molecule has 2 heterocycles. The summed E-state index contributed by atoms with van der Waals surface area (Å²) in [7, 11) is 0. The van der Waals surface area contributed by atoms with Crippen molar-refractivity contribution < 1.29 is 14.3 Å². The van der Waals surface area contributed by atoms with Gasteiger partial charge in [0.05, 0.1) is 12.2 Å². The number of pyridine rings is 1. The van der Waals surface area contributed by atoms with E-state index in [0.29, 0.717) is 12.1 Å². The van der Waals surface area contributed by atoms with Crippen molar-refractivity contribution in [3.05, 3.63) is 58.2 Å². The van der Waals surface area contributed by atoms with E-state index in [4.69, 9.17) is 4.74 Å². The highest BCUT2D eigenvalue weighted by atomic mass is 79.9. The number of ether oxygens (including phenoxy) is 1. The zero-order chi connectivity index (χ0) is 21.5.